The van der Waals surface area contributed by atoms with Crippen LogP contribution in [0.4, 0.5) is 0 Å². The summed E-state index contributed by atoms with van der Waals surface area (Å²) in [6, 6.07) is 15.9. The molecule has 0 heterocycles. The van der Waals surface area contributed by atoms with Crippen molar-refractivity contribution in [2.45, 2.75) is 25.9 Å². The number of benzene rings is 2. The number of carboxylic acid groups (broad SMARTS) is 1. The lowest BCUT2D eigenvalue weighted by molar-refractivity contribution is -0.139. The molecule has 0 fully saturated rings. The minimum absolute atomic E-state index is 0.103. The van der Waals surface area contributed by atoms with Crippen LogP contribution in [-0.4, -0.2) is 41.4 Å². The van der Waals surface area contributed by atoms with Crippen molar-refractivity contribution in [3.8, 4) is 5.75 Å². The molecule has 0 saturated heterocycles. The van der Waals surface area contributed by atoms with Crippen molar-refractivity contribution in [1.82, 2.24) is 10.2 Å². The van der Waals surface area contributed by atoms with Crippen LogP contribution in [0.25, 0.3) is 0 Å². The summed E-state index contributed by atoms with van der Waals surface area (Å²) in [7, 11) is 1.70. The highest BCUT2D eigenvalue weighted by Gasteiger charge is 2.19. The minimum atomic E-state index is -1.04. The third-order valence-corrected chi connectivity index (χ3v) is 4.09. The van der Waals surface area contributed by atoms with Gasteiger partial charge in [0.1, 0.15) is 5.75 Å². The van der Waals surface area contributed by atoms with Crippen molar-refractivity contribution in [2.24, 2.45) is 0 Å². The predicted molar refractivity (Wildman–Crippen MR) is 104 cm³/mol. The largest absolute Gasteiger partial charge is 0.482 e. The summed E-state index contributed by atoms with van der Waals surface area (Å²) in [5.74, 6) is -0.883. The van der Waals surface area contributed by atoms with Crippen molar-refractivity contribution in [1.29, 1.82) is 0 Å². The molecule has 2 N–H and O–H groups in total. The maximum Gasteiger partial charge on any atom is 0.341 e. The molecule has 0 spiro atoms. The Morgan fingerprint density at radius 1 is 1.07 bits per heavy atom. The molecule has 1 atom stereocenters. The normalized spacial score (nSPS) is 11.4. The zero-order valence-corrected chi connectivity index (χ0v) is 15.9. The van der Waals surface area contributed by atoms with E-state index in [0.29, 0.717) is 12.3 Å². The molecule has 0 aliphatic rings. The van der Waals surface area contributed by atoms with Gasteiger partial charge in [-0.25, -0.2) is 4.79 Å². The second kappa shape index (κ2) is 10.1. The topological polar surface area (TPSA) is 95.9 Å². The fourth-order valence-electron chi connectivity index (χ4n) is 2.71. The molecular formula is C21H24N2O5. The van der Waals surface area contributed by atoms with Gasteiger partial charge in [0, 0.05) is 20.5 Å². The van der Waals surface area contributed by atoms with Gasteiger partial charge in [0.2, 0.25) is 11.8 Å². The van der Waals surface area contributed by atoms with Crippen LogP contribution in [0.15, 0.2) is 54.6 Å². The van der Waals surface area contributed by atoms with Crippen LogP contribution in [0, 0.1) is 0 Å². The Labute approximate surface area is 163 Å². The first-order valence-electron chi connectivity index (χ1n) is 8.84. The van der Waals surface area contributed by atoms with Crippen molar-refractivity contribution in [3.63, 3.8) is 0 Å². The van der Waals surface area contributed by atoms with Crippen LogP contribution < -0.4 is 10.1 Å². The van der Waals surface area contributed by atoms with Gasteiger partial charge in [0.25, 0.3) is 0 Å². The summed E-state index contributed by atoms with van der Waals surface area (Å²) >= 11 is 0. The van der Waals surface area contributed by atoms with Gasteiger partial charge in [-0.05, 0) is 23.3 Å². The number of hydrogen-bond acceptors (Lipinski definition) is 4. The summed E-state index contributed by atoms with van der Waals surface area (Å²) in [6.45, 7) is 1.42. The SMILES string of the molecule is CC(=O)NC(CC(=O)N(C)Cc1ccc(OCC(=O)O)cc1)c1ccccc1. The molecule has 0 aliphatic heterocycles. The van der Waals surface area contributed by atoms with Gasteiger partial charge in [-0.1, -0.05) is 42.5 Å². The Morgan fingerprint density at radius 2 is 1.71 bits per heavy atom. The molecule has 28 heavy (non-hydrogen) atoms. The van der Waals surface area contributed by atoms with Gasteiger partial charge in [0.05, 0.1) is 12.5 Å². The highest BCUT2D eigenvalue weighted by Crippen LogP contribution is 2.19. The number of ether oxygens (including phenoxy) is 1. The van der Waals surface area contributed by atoms with Crippen LogP contribution >= 0.6 is 0 Å². The summed E-state index contributed by atoms with van der Waals surface area (Å²) < 4.78 is 5.09. The lowest BCUT2D eigenvalue weighted by Crippen LogP contribution is -2.33. The average molecular weight is 384 g/mol. The number of carbonyl (C=O) groups is 3. The van der Waals surface area contributed by atoms with E-state index in [1.54, 1.807) is 36.2 Å². The van der Waals surface area contributed by atoms with E-state index in [1.165, 1.54) is 6.92 Å². The van der Waals surface area contributed by atoms with Crippen LogP contribution in [0.1, 0.15) is 30.5 Å². The molecule has 0 bridgehead atoms. The number of carboxylic acids is 1. The van der Waals surface area contributed by atoms with Crippen molar-refractivity contribution in [3.05, 3.63) is 65.7 Å². The zero-order chi connectivity index (χ0) is 20.5. The predicted octanol–water partition coefficient (Wildman–Crippen LogP) is 2.38. The zero-order valence-electron chi connectivity index (χ0n) is 15.9. The maximum absolute atomic E-state index is 12.6. The number of carbonyl (C=O) groups excluding carboxylic acids is 2. The number of nitrogens with zero attached hydrogens (tertiary/aromatic N) is 1. The van der Waals surface area contributed by atoms with E-state index in [0.717, 1.165) is 11.1 Å². The fourth-order valence-corrected chi connectivity index (χ4v) is 2.71. The van der Waals surface area contributed by atoms with E-state index in [-0.39, 0.29) is 24.3 Å². The van der Waals surface area contributed by atoms with Gasteiger partial charge < -0.3 is 20.1 Å². The second-order valence-corrected chi connectivity index (χ2v) is 6.44. The Morgan fingerprint density at radius 3 is 2.29 bits per heavy atom. The van der Waals surface area contributed by atoms with Crippen LogP contribution in [0.3, 0.4) is 0 Å². The van der Waals surface area contributed by atoms with Gasteiger partial charge in [-0.15, -0.1) is 0 Å². The molecule has 148 valence electrons. The first-order valence-corrected chi connectivity index (χ1v) is 8.84. The standard InChI is InChI=1S/C21H24N2O5/c1-15(24)22-19(17-6-4-3-5-7-17)12-20(25)23(2)13-16-8-10-18(11-9-16)28-14-21(26)27/h3-11,19H,12-14H2,1-2H3,(H,22,24)(H,26,27). The van der Waals surface area contributed by atoms with Crippen molar-refractivity contribution < 1.29 is 24.2 Å². The molecule has 2 aromatic carbocycles. The molecule has 0 saturated carbocycles. The number of aliphatic carboxylic acids is 1. The summed E-state index contributed by atoms with van der Waals surface area (Å²) in [4.78, 5) is 36.3. The number of nitrogens with one attached hydrogen (secondary N) is 1. The molecule has 0 radical (unpaired) electrons. The quantitative estimate of drug-likeness (QED) is 0.692. The molecule has 2 amide bonds. The third kappa shape index (κ3) is 6.75. The first kappa shape index (κ1) is 21.0. The average Bonchev–Trinajstić information content (AvgIpc) is 2.67. The Kier molecular flexibility index (Phi) is 7.56. The van der Waals surface area contributed by atoms with E-state index < -0.39 is 12.6 Å². The molecule has 1 unspecified atom stereocenters. The fraction of sp³-hybridized carbons (Fsp3) is 0.286. The monoisotopic (exact) mass is 384 g/mol. The summed E-state index contributed by atoms with van der Waals surface area (Å²) in [6.07, 6.45) is 0.153. The lowest BCUT2D eigenvalue weighted by Gasteiger charge is -2.23. The Balaban J connectivity index is 1.96. The number of rotatable bonds is 9. The van der Waals surface area contributed by atoms with Gasteiger partial charge in [-0.2, -0.15) is 0 Å². The van der Waals surface area contributed by atoms with E-state index in [1.807, 2.05) is 30.3 Å². The molecule has 0 aliphatic carbocycles. The van der Waals surface area contributed by atoms with E-state index in [4.69, 9.17) is 9.84 Å². The molecule has 7 heteroatoms. The van der Waals surface area contributed by atoms with Gasteiger partial charge in [-0.3, -0.25) is 9.59 Å². The maximum atomic E-state index is 12.6. The first-order chi connectivity index (χ1) is 13.3. The molecular weight excluding hydrogens is 360 g/mol. The van der Waals surface area contributed by atoms with E-state index in [9.17, 15) is 14.4 Å². The third-order valence-electron chi connectivity index (χ3n) is 4.09. The molecule has 7 nitrogen and oxygen atoms in total. The Hall–Kier alpha value is -3.35. The lowest BCUT2D eigenvalue weighted by atomic mass is 10.0. The number of hydrogen-bond donors (Lipinski definition) is 2. The second-order valence-electron chi connectivity index (χ2n) is 6.44. The highest BCUT2D eigenvalue weighted by molar-refractivity contribution is 5.79. The van der Waals surface area contributed by atoms with E-state index >= 15 is 0 Å². The van der Waals surface area contributed by atoms with Gasteiger partial charge in [0.15, 0.2) is 6.61 Å². The molecule has 2 rings (SSSR count). The summed E-state index contributed by atoms with van der Waals surface area (Å²) in [5.41, 5.74) is 1.76. The van der Waals surface area contributed by atoms with Crippen LogP contribution in [0.5, 0.6) is 5.75 Å². The van der Waals surface area contributed by atoms with Gasteiger partial charge >= 0.3 is 5.97 Å². The van der Waals surface area contributed by atoms with Crippen LogP contribution in [0.2, 0.25) is 0 Å². The summed E-state index contributed by atoms with van der Waals surface area (Å²) in [5, 5.41) is 11.4. The minimum Gasteiger partial charge on any atom is -0.482 e. The number of amides is 2. The van der Waals surface area contributed by atoms with Crippen molar-refractivity contribution in [2.75, 3.05) is 13.7 Å². The van der Waals surface area contributed by atoms with Crippen molar-refractivity contribution >= 4 is 17.8 Å². The van der Waals surface area contributed by atoms with E-state index in [2.05, 4.69) is 5.32 Å². The highest BCUT2D eigenvalue weighted by atomic mass is 16.5. The Bertz CT molecular complexity index is 805. The van der Waals surface area contributed by atoms with Crippen LogP contribution in [-0.2, 0) is 20.9 Å². The molecule has 2 aromatic rings. The molecule has 0 aromatic heterocycles. The smallest absolute Gasteiger partial charge is 0.341 e.